The van der Waals surface area contributed by atoms with E-state index in [-0.39, 0.29) is 24.2 Å². The number of carbonyl (C=O) groups is 2. The first-order valence-corrected chi connectivity index (χ1v) is 14.5. The van der Waals surface area contributed by atoms with Gasteiger partial charge in [-0.15, -0.1) is 5.10 Å². The van der Waals surface area contributed by atoms with Gasteiger partial charge in [-0.3, -0.25) is 9.59 Å². The van der Waals surface area contributed by atoms with Crippen LogP contribution in [0.3, 0.4) is 0 Å². The van der Waals surface area contributed by atoms with E-state index in [1.165, 1.54) is 11.1 Å². The van der Waals surface area contributed by atoms with Crippen LogP contribution in [0.4, 0.5) is 0 Å². The summed E-state index contributed by atoms with van der Waals surface area (Å²) in [6, 6.07) is 18.8. The second kappa shape index (κ2) is 11.2. The molecule has 6 heterocycles. The lowest BCUT2D eigenvalue weighted by Gasteiger charge is -2.30. The first kappa shape index (κ1) is 26.2. The number of carbonyl (C=O) groups excluding carboxylic acids is 2. The molecule has 206 valence electrons. The Morgan fingerprint density at radius 1 is 0.975 bits per heavy atom. The van der Waals surface area contributed by atoms with E-state index in [1.54, 1.807) is 0 Å². The van der Waals surface area contributed by atoms with Crippen molar-refractivity contribution in [2.75, 3.05) is 13.2 Å². The van der Waals surface area contributed by atoms with Gasteiger partial charge < -0.3 is 9.64 Å². The highest BCUT2D eigenvalue weighted by atomic mass is 16.5. The molecular weight excluding hydrogens is 500 g/mol. The van der Waals surface area contributed by atoms with Crippen LogP contribution in [0.25, 0.3) is 11.0 Å². The second-order valence-electron chi connectivity index (χ2n) is 11.0. The summed E-state index contributed by atoms with van der Waals surface area (Å²) in [7, 11) is 0. The van der Waals surface area contributed by atoms with Crippen molar-refractivity contribution in [3.63, 3.8) is 0 Å². The summed E-state index contributed by atoms with van der Waals surface area (Å²) in [6.45, 7) is 6.33. The molecular formula is C33H36N4O3. The minimum Gasteiger partial charge on any atom is -0.466 e. The van der Waals surface area contributed by atoms with Crippen LogP contribution in [0, 0.1) is 6.92 Å². The zero-order valence-electron chi connectivity index (χ0n) is 23.4. The van der Waals surface area contributed by atoms with Crippen molar-refractivity contribution < 1.29 is 14.3 Å². The van der Waals surface area contributed by atoms with Gasteiger partial charge in [0.2, 0.25) is 0 Å². The molecule has 7 nitrogen and oxygen atoms in total. The van der Waals surface area contributed by atoms with Crippen molar-refractivity contribution in [1.82, 2.24) is 19.9 Å². The van der Waals surface area contributed by atoms with E-state index in [0.717, 1.165) is 77.5 Å². The third-order valence-electron chi connectivity index (χ3n) is 8.50. The highest BCUT2D eigenvalue weighted by Gasteiger charge is 2.27. The zero-order valence-corrected chi connectivity index (χ0v) is 23.4. The van der Waals surface area contributed by atoms with Gasteiger partial charge in [0.05, 0.1) is 18.5 Å². The maximum Gasteiger partial charge on any atom is 0.306 e. The molecule has 0 aliphatic carbocycles. The third kappa shape index (κ3) is 5.12. The zero-order chi connectivity index (χ0) is 27.6. The van der Waals surface area contributed by atoms with Gasteiger partial charge in [0.1, 0.15) is 5.52 Å². The molecule has 0 N–H and O–H groups in total. The minimum atomic E-state index is -0.223. The van der Waals surface area contributed by atoms with Gasteiger partial charge >= 0.3 is 5.97 Å². The van der Waals surface area contributed by atoms with Crippen LogP contribution in [0.5, 0.6) is 0 Å². The molecule has 9 rings (SSSR count). The summed E-state index contributed by atoms with van der Waals surface area (Å²) in [5, 5.41) is 9.06. The number of esters is 1. The maximum absolute atomic E-state index is 13.4. The Morgan fingerprint density at radius 2 is 1.82 bits per heavy atom. The smallest absolute Gasteiger partial charge is 0.306 e. The fourth-order valence-corrected chi connectivity index (χ4v) is 6.25. The van der Waals surface area contributed by atoms with E-state index in [0.29, 0.717) is 19.7 Å². The molecule has 7 heteroatoms. The number of aromatic nitrogens is 3. The topological polar surface area (TPSA) is 77.3 Å². The molecule has 1 unspecified atom stereocenters. The number of rotatable bonds is 3. The fourth-order valence-electron chi connectivity index (χ4n) is 6.25. The van der Waals surface area contributed by atoms with Crippen LogP contribution >= 0.6 is 0 Å². The second-order valence-corrected chi connectivity index (χ2v) is 11.0. The summed E-state index contributed by atoms with van der Waals surface area (Å²) >= 11 is 0. The maximum atomic E-state index is 13.4. The van der Waals surface area contributed by atoms with Crippen LogP contribution < -0.4 is 0 Å². The Balaban J connectivity index is 1.43. The summed E-state index contributed by atoms with van der Waals surface area (Å²) < 4.78 is 7.40. The summed E-state index contributed by atoms with van der Waals surface area (Å²) in [5.74, 6) is -0.342. The number of hydrogen-bond donors (Lipinski definition) is 0. The van der Waals surface area contributed by atoms with Crippen molar-refractivity contribution in [3.05, 3.63) is 93.5 Å². The molecule has 0 fully saturated rings. The van der Waals surface area contributed by atoms with Crippen LogP contribution in [0.15, 0.2) is 54.6 Å². The molecule has 1 atom stereocenters. The quantitative estimate of drug-likeness (QED) is 0.312. The number of ether oxygens (including phenoxy) is 1. The van der Waals surface area contributed by atoms with E-state index in [4.69, 9.17) is 4.74 Å². The molecule has 0 spiro atoms. The number of benzene rings is 3. The summed E-state index contributed by atoms with van der Waals surface area (Å²) in [5.41, 5.74) is 9.45. The van der Waals surface area contributed by atoms with Crippen molar-refractivity contribution in [1.29, 1.82) is 0 Å². The lowest BCUT2D eigenvalue weighted by molar-refractivity contribution is -0.143. The fraction of sp³-hybridized carbons (Fsp3) is 0.394. The first-order valence-electron chi connectivity index (χ1n) is 14.5. The molecule has 5 aliphatic rings. The molecule has 1 aromatic heterocycles. The third-order valence-corrected chi connectivity index (χ3v) is 8.50. The van der Waals surface area contributed by atoms with Crippen LogP contribution in [-0.4, -0.2) is 44.9 Å². The van der Waals surface area contributed by atoms with E-state index >= 15 is 0 Å². The van der Waals surface area contributed by atoms with Crippen LogP contribution in [0.2, 0.25) is 0 Å². The molecule has 0 saturated heterocycles. The van der Waals surface area contributed by atoms with Crippen molar-refractivity contribution in [3.8, 4) is 0 Å². The van der Waals surface area contributed by atoms with Crippen LogP contribution in [0.1, 0.15) is 82.3 Å². The van der Waals surface area contributed by atoms with E-state index in [9.17, 15) is 9.59 Å². The Hall–Kier alpha value is -4.00. The molecule has 0 saturated carbocycles. The van der Waals surface area contributed by atoms with Crippen molar-refractivity contribution in [2.24, 2.45) is 0 Å². The highest BCUT2D eigenvalue weighted by Crippen LogP contribution is 2.35. The number of amides is 1. The van der Waals surface area contributed by atoms with Crippen molar-refractivity contribution >= 4 is 22.9 Å². The lowest BCUT2D eigenvalue weighted by Crippen LogP contribution is -2.36. The minimum absolute atomic E-state index is 0.0697. The predicted octanol–water partition coefficient (Wildman–Crippen LogP) is 5.75. The lowest BCUT2D eigenvalue weighted by atomic mass is 9.83. The predicted molar refractivity (Wildman–Crippen MR) is 154 cm³/mol. The number of hydrogen-bond acceptors (Lipinski definition) is 5. The monoisotopic (exact) mass is 536 g/mol. The average molecular weight is 537 g/mol. The molecule has 1 amide bonds. The summed E-state index contributed by atoms with van der Waals surface area (Å²) in [4.78, 5) is 28.2. The van der Waals surface area contributed by atoms with E-state index in [2.05, 4.69) is 59.7 Å². The van der Waals surface area contributed by atoms with E-state index < -0.39 is 0 Å². The number of nitrogens with zero attached hydrogens (tertiary/aromatic N) is 4. The van der Waals surface area contributed by atoms with Gasteiger partial charge in [0.25, 0.3) is 5.91 Å². The normalized spacial score (nSPS) is 17.5. The Labute approximate surface area is 235 Å². The van der Waals surface area contributed by atoms with Gasteiger partial charge in [0, 0.05) is 31.1 Å². The molecule has 40 heavy (non-hydrogen) atoms. The number of aryl methyl sites for hydroxylation is 3. The highest BCUT2D eigenvalue weighted by molar-refractivity contribution is 5.94. The van der Waals surface area contributed by atoms with E-state index in [1.807, 2.05) is 28.6 Å². The van der Waals surface area contributed by atoms with Crippen LogP contribution in [-0.2, 0) is 35.5 Å². The molecule has 5 aliphatic heterocycles. The Kier molecular flexibility index (Phi) is 7.37. The van der Waals surface area contributed by atoms with Gasteiger partial charge in [0.15, 0.2) is 0 Å². The van der Waals surface area contributed by atoms with Gasteiger partial charge in [-0.2, -0.15) is 0 Å². The first-order chi connectivity index (χ1) is 19.5. The van der Waals surface area contributed by atoms with Crippen molar-refractivity contribution in [2.45, 2.75) is 71.4 Å². The molecule has 3 aromatic carbocycles. The van der Waals surface area contributed by atoms with Gasteiger partial charge in [-0.1, -0.05) is 48.0 Å². The largest absolute Gasteiger partial charge is 0.466 e. The Morgan fingerprint density at radius 3 is 2.65 bits per heavy atom. The SMILES string of the molecule is CCOC(=O)CC1c2ccc3c(c2)CN(CC3)C(=O)c2ccc(cc2)CCCCCn2nnc3c(C)c1ccc32. The van der Waals surface area contributed by atoms with Gasteiger partial charge in [-0.05, 0) is 91.1 Å². The molecule has 4 aromatic rings. The Bertz CT molecular complexity index is 1560. The average Bonchev–Trinajstić information content (AvgIpc) is 3.39. The molecule has 0 radical (unpaired) electrons. The summed E-state index contributed by atoms with van der Waals surface area (Å²) in [6.07, 6.45) is 5.25. The molecule has 9 bridgehead atoms. The van der Waals surface area contributed by atoms with Gasteiger partial charge in [-0.25, -0.2) is 4.68 Å². The standard InChI is InChI=1S/C33H36N4O3/c1-3-40-31(38)20-29-26-13-12-24-16-18-36(21-27(24)19-26)33(39)25-10-8-23(9-11-25)7-5-4-6-17-37-30-15-14-28(29)22(2)32(30)34-35-37/h8-15,19,29H,3-7,16-18,20-21H2,1-2H3.